The first-order chi connectivity index (χ1) is 5.79. The van der Waals surface area contributed by atoms with Gasteiger partial charge >= 0.3 is 0 Å². The lowest BCUT2D eigenvalue weighted by molar-refractivity contribution is 0.141. The molecule has 74 valence electrons. The highest BCUT2D eigenvalue weighted by Gasteiger charge is 2.17. The van der Waals surface area contributed by atoms with Crippen LogP contribution in [0.4, 0.5) is 0 Å². The molecule has 13 heavy (non-hydrogen) atoms. The summed E-state index contributed by atoms with van der Waals surface area (Å²) in [5.74, 6) is 0.315. The SMILES string of the molecule is CC(C)(C)COC1=CS(=O)(=O)N=C1. The minimum Gasteiger partial charge on any atom is -0.491 e. The highest BCUT2D eigenvalue weighted by Crippen LogP contribution is 2.17. The Labute approximate surface area is 78.4 Å². The second-order valence-electron chi connectivity index (χ2n) is 4.12. The number of sulfonamides is 1. The van der Waals surface area contributed by atoms with E-state index in [0.29, 0.717) is 12.4 Å². The highest BCUT2D eigenvalue weighted by atomic mass is 32.2. The van der Waals surface area contributed by atoms with Crippen molar-refractivity contribution < 1.29 is 13.2 Å². The molecule has 4 nitrogen and oxygen atoms in total. The fourth-order valence-electron chi connectivity index (χ4n) is 0.704. The predicted molar refractivity (Wildman–Crippen MR) is 50.9 cm³/mol. The second-order valence-corrected chi connectivity index (χ2v) is 5.60. The third kappa shape index (κ3) is 3.59. The fraction of sp³-hybridized carbons (Fsp3) is 0.625. The molecular formula is C8H13NO3S. The summed E-state index contributed by atoms with van der Waals surface area (Å²) >= 11 is 0. The zero-order valence-corrected chi connectivity index (χ0v) is 8.76. The number of allylic oxidation sites excluding steroid dienone is 1. The van der Waals surface area contributed by atoms with E-state index in [1.165, 1.54) is 6.21 Å². The molecule has 0 radical (unpaired) electrons. The molecule has 1 heterocycles. The molecule has 0 aromatic heterocycles. The Balaban J connectivity index is 2.56. The maximum atomic E-state index is 10.8. The van der Waals surface area contributed by atoms with Gasteiger partial charge in [-0.3, -0.25) is 0 Å². The van der Waals surface area contributed by atoms with Gasteiger partial charge in [0.2, 0.25) is 0 Å². The van der Waals surface area contributed by atoms with E-state index >= 15 is 0 Å². The molecule has 0 aromatic carbocycles. The Morgan fingerprint density at radius 1 is 1.46 bits per heavy atom. The molecule has 0 amide bonds. The summed E-state index contributed by atoms with van der Waals surface area (Å²) in [6.07, 6.45) is 1.22. The van der Waals surface area contributed by atoms with Crippen molar-refractivity contribution in [3.05, 3.63) is 11.2 Å². The maximum absolute atomic E-state index is 10.8. The van der Waals surface area contributed by atoms with E-state index in [1.54, 1.807) is 0 Å². The number of rotatable bonds is 2. The zero-order chi connectivity index (χ0) is 10.1. The van der Waals surface area contributed by atoms with Crippen molar-refractivity contribution in [2.45, 2.75) is 20.8 Å². The van der Waals surface area contributed by atoms with E-state index in [-0.39, 0.29) is 5.41 Å². The fourth-order valence-corrected chi connectivity index (χ4v) is 1.44. The normalized spacial score (nSPS) is 20.1. The average Bonchev–Trinajstić information content (AvgIpc) is 2.24. The smallest absolute Gasteiger partial charge is 0.279 e. The Morgan fingerprint density at radius 3 is 2.46 bits per heavy atom. The first-order valence-electron chi connectivity index (χ1n) is 3.93. The lowest BCUT2D eigenvalue weighted by Gasteiger charge is -2.17. The van der Waals surface area contributed by atoms with Crippen LogP contribution < -0.4 is 0 Å². The van der Waals surface area contributed by atoms with Crippen LogP contribution in [-0.2, 0) is 14.8 Å². The molecule has 1 aliphatic heterocycles. The van der Waals surface area contributed by atoms with E-state index in [1.807, 2.05) is 20.8 Å². The maximum Gasteiger partial charge on any atom is 0.279 e. The first-order valence-corrected chi connectivity index (χ1v) is 5.44. The minimum atomic E-state index is -3.38. The van der Waals surface area contributed by atoms with Crippen molar-refractivity contribution in [3.63, 3.8) is 0 Å². The van der Waals surface area contributed by atoms with Crippen molar-refractivity contribution in [1.29, 1.82) is 0 Å². The van der Waals surface area contributed by atoms with Gasteiger partial charge in [-0.25, -0.2) is 0 Å². The first kappa shape index (κ1) is 10.2. The van der Waals surface area contributed by atoms with E-state index in [4.69, 9.17) is 4.74 Å². The molecule has 0 saturated carbocycles. The Kier molecular flexibility index (Phi) is 2.47. The van der Waals surface area contributed by atoms with Gasteiger partial charge < -0.3 is 4.74 Å². The molecule has 5 heteroatoms. The lowest BCUT2D eigenvalue weighted by atomic mass is 9.99. The van der Waals surface area contributed by atoms with Gasteiger partial charge in [-0.2, -0.15) is 12.8 Å². The molecule has 0 fully saturated rings. The summed E-state index contributed by atoms with van der Waals surface area (Å²) in [6, 6.07) is 0. The van der Waals surface area contributed by atoms with E-state index in [9.17, 15) is 8.42 Å². The summed E-state index contributed by atoms with van der Waals surface area (Å²) in [4.78, 5) is 0. The molecule has 0 N–H and O–H groups in total. The van der Waals surface area contributed by atoms with Crippen LogP contribution >= 0.6 is 0 Å². The number of ether oxygens (including phenoxy) is 1. The van der Waals surface area contributed by atoms with Crippen molar-refractivity contribution in [2.24, 2.45) is 9.81 Å². The molecule has 0 saturated heterocycles. The summed E-state index contributed by atoms with van der Waals surface area (Å²) in [5, 5.41) is 1.03. The van der Waals surface area contributed by atoms with Gasteiger partial charge in [0.05, 0.1) is 18.2 Å². The van der Waals surface area contributed by atoms with Gasteiger partial charge in [0.15, 0.2) is 5.76 Å². The minimum absolute atomic E-state index is 0.0149. The molecule has 0 atom stereocenters. The van der Waals surface area contributed by atoms with Crippen molar-refractivity contribution in [1.82, 2.24) is 0 Å². The Hall–Kier alpha value is -0.840. The second kappa shape index (κ2) is 3.14. The van der Waals surface area contributed by atoms with Crippen LogP contribution in [0.1, 0.15) is 20.8 Å². The van der Waals surface area contributed by atoms with Crippen molar-refractivity contribution in [2.75, 3.05) is 6.61 Å². The predicted octanol–water partition coefficient (Wildman–Crippen LogP) is 1.30. The molecular weight excluding hydrogens is 190 g/mol. The Morgan fingerprint density at radius 2 is 2.08 bits per heavy atom. The van der Waals surface area contributed by atoms with Crippen LogP contribution in [0.3, 0.4) is 0 Å². The van der Waals surface area contributed by atoms with Crippen molar-refractivity contribution in [3.8, 4) is 0 Å². The van der Waals surface area contributed by atoms with E-state index < -0.39 is 10.0 Å². The molecule has 0 spiro atoms. The molecule has 0 unspecified atom stereocenters. The summed E-state index contributed by atoms with van der Waals surface area (Å²) in [6.45, 7) is 6.50. The van der Waals surface area contributed by atoms with Gasteiger partial charge in [-0.15, -0.1) is 0 Å². The molecule has 0 aliphatic carbocycles. The molecule has 0 bridgehead atoms. The summed E-state index contributed by atoms with van der Waals surface area (Å²) in [5.41, 5.74) is 0.0149. The summed E-state index contributed by atoms with van der Waals surface area (Å²) < 4.78 is 30.1. The van der Waals surface area contributed by atoms with Gasteiger partial charge in [0.25, 0.3) is 10.0 Å². The topological polar surface area (TPSA) is 55.7 Å². The lowest BCUT2D eigenvalue weighted by Crippen LogP contribution is -2.14. The van der Waals surface area contributed by atoms with Gasteiger partial charge in [-0.05, 0) is 5.41 Å². The third-order valence-electron chi connectivity index (χ3n) is 1.26. The van der Waals surface area contributed by atoms with E-state index in [2.05, 4.69) is 4.40 Å². The van der Waals surface area contributed by atoms with Gasteiger partial charge in [-0.1, -0.05) is 20.8 Å². The average molecular weight is 203 g/mol. The van der Waals surface area contributed by atoms with Crippen molar-refractivity contribution >= 4 is 16.2 Å². The van der Waals surface area contributed by atoms with Crippen LogP contribution in [0.2, 0.25) is 0 Å². The number of hydrogen-bond donors (Lipinski definition) is 0. The quantitative estimate of drug-likeness (QED) is 0.679. The standard InChI is InChI=1S/C8H13NO3S/c1-8(2,3)6-12-7-4-9-13(10,11)5-7/h4-5H,6H2,1-3H3. The van der Waals surface area contributed by atoms with Gasteiger partial charge in [0, 0.05) is 0 Å². The molecule has 1 rings (SSSR count). The van der Waals surface area contributed by atoms with Crippen LogP contribution in [-0.4, -0.2) is 21.2 Å². The third-order valence-corrected chi connectivity index (χ3v) is 2.19. The largest absolute Gasteiger partial charge is 0.491 e. The van der Waals surface area contributed by atoms with Gasteiger partial charge in [0.1, 0.15) is 0 Å². The van der Waals surface area contributed by atoms with Crippen LogP contribution in [0.25, 0.3) is 0 Å². The molecule has 0 aromatic rings. The zero-order valence-electron chi connectivity index (χ0n) is 7.94. The monoisotopic (exact) mass is 203 g/mol. The highest BCUT2D eigenvalue weighted by molar-refractivity contribution is 7.93. The number of nitrogens with zero attached hydrogens (tertiary/aromatic N) is 1. The summed E-state index contributed by atoms with van der Waals surface area (Å²) in [7, 11) is -3.38. The van der Waals surface area contributed by atoms with Crippen LogP contribution in [0, 0.1) is 5.41 Å². The van der Waals surface area contributed by atoms with Crippen LogP contribution in [0.5, 0.6) is 0 Å². The Bertz CT molecular complexity index is 346. The number of hydrogen-bond acceptors (Lipinski definition) is 3. The molecule has 1 aliphatic rings. The van der Waals surface area contributed by atoms with Crippen LogP contribution in [0.15, 0.2) is 15.6 Å². The van der Waals surface area contributed by atoms with E-state index in [0.717, 1.165) is 5.41 Å².